The molecule has 8 nitrogen and oxygen atoms in total. The second-order valence-electron chi connectivity index (χ2n) is 7.70. The van der Waals surface area contributed by atoms with Crippen molar-refractivity contribution < 1.29 is 14.3 Å². The standard InChI is InChI=1S/C22H25N5O3S/c1-29-18-4-3-17(27-9-11-30-12-10-27)20-19(18)24-22(31-20)25-21(28)15-5-6-23-16(13-15)14-26-7-2-8-26/h3-6,13H,2,7-12,14H2,1H3,(H,24,25,28). The fourth-order valence-electron chi connectivity index (χ4n) is 3.89. The zero-order valence-corrected chi connectivity index (χ0v) is 18.3. The molecule has 162 valence electrons. The Morgan fingerprint density at radius 1 is 1.23 bits per heavy atom. The van der Waals surface area contributed by atoms with Crippen LogP contribution in [0.1, 0.15) is 22.5 Å². The Labute approximate surface area is 184 Å². The molecule has 5 rings (SSSR count). The summed E-state index contributed by atoms with van der Waals surface area (Å²) >= 11 is 1.47. The Kier molecular flexibility index (Phi) is 5.71. The van der Waals surface area contributed by atoms with Crippen molar-refractivity contribution in [2.24, 2.45) is 0 Å². The summed E-state index contributed by atoms with van der Waals surface area (Å²) < 4.78 is 12.0. The lowest BCUT2D eigenvalue weighted by Crippen LogP contribution is -2.36. The SMILES string of the molecule is COc1ccc(N2CCOCC2)c2sc(NC(=O)c3ccnc(CN4CCC4)c3)nc12. The lowest BCUT2D eigenvalue weighted by atomic mass is 10.1. The number of carbonyl (C=O) groups excluding carboxylic acids is 1. The number of rotatable bonds is 6. The van der Waals surface area contributed by atoms with Crippen LogP contribution in [0.2, 0.25) is 0 Å². The number of fused-ring (bicyclic) bond motifs is 1. The molecule has 1 amide bonds. The molecular weight excluding hydrogens is 414 g/mol. The predicted molar refractivity (Wildman–Crippen MR) is 121 cm³/mol. The normalized spacial score (nSPS) is 16.9. The summed E-state index contributed by atoms with van der Waals surface area (Å²) in [6.07, 6.45) is 2.93. The van der Waals surface area contributed by atoms with E-state index in [1.54, 1.807) is 19.4 Å². The van der Waals surface area contributed by atoms with Gasteiger partial charge in [0, 0.05) is 31.4 Å². The second-order valence-corrected chi connectivity index (χ2v) is 8.70. The first-order valence-corrected chi connectivity index (χ1v) is 11.3. The first-order valence-electron chi connectivity index (χ1n) is 10.5. The smallest absolute Gasteiger partial charge is 0.257 e. The molecule has 2 aromatic heterocycles. The third kappa shape index (κ3) is 4.21. The van der Waals surface area contributed by atoms with Crippen LogP contribution in [0.5, 0.6) is 5.75 Å². The van der Waals surface area contributed by atoms with Crippen LogP contribution in [0.25, 0.3) is 10.2 Å². The van der Waals surface area contributed by atoms with E-state index in [9.17, 15) is 4.79 Å². The van der Waals surface area contributed by atoms with Gasteiger partial charge in [-0.15, -0.1) is 0 Å². The third-order valence-corrected chi connectivity index (χ3v) is 6.68. The average Bonchev–Trinajstić information content (AvgIpc) is 3.20. The van der Waals surface area contributed by atoms with Crippen molar-refractivity contribution in [2.75, 3.05) is 56.7 Å². The number of methoxy groups -OCH3 is 1. The number of amides is 1. The Hall–Kier alpha value is -2.75. The number of aromatic nitrogens is 2. The van der Waals surface area contributed by atoms with Gasteiger partial charge in [-0.2, -0.15) is 0 Å². The van der Waals surface area contributed by atoms with Crippen molar-refractivity contribution in [3.63, 3.8) is 0 Å². The highest BCUT2D eigenvalue weighted by Gasteiger charge is 2.20. The summed E-state index contributed by atoms with van der Waals surface area (Å²) in [5.74, 6) is 0.516. The maximum Gasteiger partial charge on any atom is 0.257 e. The van der Waals surface area contributed by atoms with Crippen molar-refractivity contribution in [1.29, 1.82) is 0 Å². The monoisotopic (exact) mass is 439 g/mol. The number of pyridine rings is 1. The molecule has 0 saturated carbocycles. The number of hydrogen-bond acceptors (Lipinski definition) is 8. The van der Waals surface area contributed by atoms with Crippen molar-refractivity contribution in [2.45, 2.75) is 13.0 Å². The molecule has 0 radical (unpaired) electrons. The number of thiazole rings is 1. The molecule has 9 heteroatoms. The van der Waals surface area contributed by atoms with E-state index in [1.165, 1.54) is 17.8 Å². The minimum atomic E-state index is -0.182. The zero-order valence-electron chi connectivity index (χ0n) is 17.5. The van der Waals surface area contributed by atoms with E-state index < -0.39 is 0 Å². The number of morpholine rings is 1. The van der Waals surface area contributed by atoms with Gasteiger partial charge >= 0.3 is 0 Å². The Balaban J connectivity index is 1.40. The van der Waals surface area contributed by atoms with Crippen LogP contribution in [-0.4, -0.2) is 67.3 Å². The molecule has 3 aromatic rings. The maximum atomic E-state index is 12.9. The number of anilines is 2. The molecule has 31 heavy (non-hydrogen) atoms. The fourth-order valence-corrected chi connectivity index (χ4v) is 4.90. The molecule has 0 unspecified atom stereocenters. The molecular formula is C22H25N5O3S. The quantitative estimate of drug-likeness (QED) is 0.632. The number of ether oxygens (including phenoxy) is 2. The number of nitrogens with zero attached hydrogens (tertiary/aromatic N) is 4. The van der Waals surface area contributed by atoms with Crippen molar-refractivity contribution >= 4 is 38.3 Å². The molecule has 1 aromatic carbocycles. The van der Waals surface area contributed by atoms with Crippen molar-refractivity contribution in [3.8, 4) is 5.75 Å². The lowest BCUT2D eigenvalue weighted by Gasteiger charge is -2.30. The Morgan fingerprint density at radius 3 is 2.81 bits per heavy atom. The summed E-state index contributed by atoms with van der Waals surface area (Å²) in [7, 11) is 1.64. The van der Waals surface area contributed by atoms with Gasteiger partial charge < -0.3 is 14.4 Å². The fraction of sp³-hybridized carbons (Fsp3) is 0.409. The molecule has 0 spiro atoms. The molecule has 2 aliphatic rings. The molecule has 0 aliphatic carbocycles. The number of likely N-dealkylation sites (tertiary alicyclic amines) is 1. The third-order valence-electron chi connectivity index (χ3n) is 5.69. The van der Waals surface area contributed by atoms with Gasteiger partial charge in [0.25, 0.3) is 5.91 Å². The lowest BCUT2D eigenvalue weighted by molar-refractivity contribution is 0.102. The van der Waals surface area contributed by atoms with Crippen LogP contribution in [0.15, 0.2) is 30.5 Å². The van der Waals surface area contributed by atoms with Crippen LogP contribution < -0.4 is 15.0 Å². The summed E-state index contributed by atoms with van der Waals surface area (Å²) in [4.78, 5) is 26.6. The molecule has 2 aliphatic heterocycles. The highest BCUT2D eigenvalue weighted by molar-refractivity contribution is 7.23. The van der Waals surface area contributed by atoms with E-state index in [1.807, 2.05) is 12.1 Å². The maximum absolute atomic E-state index is 12.9. The molecule has 1 N–H and O–H groups in total. The van der Waals surface area contributed by atoms with Gasteiger partial charge in [-0.3, -0.25) is 20.0 Å². The van der Waals surface area contributed by atoms with Gasteiger partial charge in [0.15, 0.2) is 5.13 Å². The zero-order chi connectivity index (χ0) is 21.2. The molecule has 2 saturated heterocycles. The van der Waals surface area contributed by atoms with Crippen LogP contribution in [-0.2, 0) is 11.3 Å². The Morgan fingerprint density at radius 2 is 2.06 bits per heavy atom. The number of nitrogens with one attached hydrogen (secondary N) is 1. The molecule has 4 heterocycles. The van der Waals surface area contributed by atoms with E-state index >= 15 is 0 Å². The second kappa shape index (κ2) is 8.78. The van der Waals surface area contributed by atoms with Gasteiger partial charge in [-0.1, -0.05) is 11.3 Å². The summed E-state index contributed by atoms with van der Waals surface area (Å²) in [6.45, 7) is 6.04. The van der Waals surface area contributed by atoms with Gasteiger partial charge in [0.1, 0.15) is 11.3 Å². The van der Waals surface area contributed by atoms with E-state index in [4.69, 9.17) is 9.47 Å². The number of carbonyl (C=O) groups is 1. The first-order chi connectivity index (χ1) is 15.2. The van der Waals surface area contributed by atoms with E-state index in [-0.39, 0.29) is 5.91 Å². The van der Waals surface area contributed by atoms with Crippen LogP contribution in [0.3, 0.4) is 0 Å². The van der Waals surface area contributed by atoms with Gasteiger partial charge in [0.05, 0.1) is 36.4 Å². The van der Waals surface area contributed by atoms with Crippen molar-refractivity contribution in [1.82, 2.24) is 14.9 Å². The van der Waals surface area contributed by atoms with Crippen LogP contribution >= 0.6 is 11.3 Å². The minimum Gasteiger partial charge on any atom is -0.494 e. The largest absolute Gasteiger partial charge is 0.494 e. The highest BCUT2D eigenvalue weighted by atomic mass is 32.1. The average molecular weight is 440 g/mol. The summed E-state index contributed by atoms with van der Waals surface area (Å²) in [5, 5.41) is 3.52. The molecule has 0 atom stereocenters. The Bertz CT molecular complexity index is 1090. The van der Waals surface area contributed by atoms with Gasteiger partial charge in [-0.25, -0.2) is 4.98 Å². The van der Waals surface area contributed by atoms with Gasteiger partial charge in [0.2, 0.25) is 0 Å². The number of hydrogen-bond donors (Lipinski definition) is 1. The van der Waals surface area contributed by atoms with Gasteiger partial charge in [-0.05, 0) is 43.8 Å². The minimum absolute atomic E-state index is 0.182. The van der Waals surface area contributed by atoms with E-state index in [0.717, 1.165) is 54.3 Å². The number of benzene rings is 1. The molecule has 0 bridgehead atoms. The van der Waals surface area contributed by atoms with E-state index in [2.05, 4.69) is 31.2 Å². The first kappa shape index (κ1) is 20.2. The van der Waals surface area contributed by atoms with Crippen LogP contribution in [0, 0.1) is 0 Å². The van der Waals surface area contributed by atoms with E-state index in [0.29, 0.717) is 29.7 Å². The summed E-state index contributed by atoms with van der Waals surface area (Å²) in [5.41, 5.74) is 3.36. The highest BCUT2D eigenvalue weighted by Crippen LogP contribution is 2.39. The van der Waals surface area contributed by atoms with Crippen LogP contribution in [0.4, 0.5) is 10.8 Å². The van der Waals surface area contributed by atoms with Crippen molar-refractivity contribution in [3.05, 3.63) is 41.7 Å². The predicted octanol–water partition coefficient (Wildman–Crippen LogP) is 2.99. The topological polar surface area (TPSA) is 79.8 Å². The summed E-state index contributed by atoms with van der Waals surface area (Å²) in [6, 6.07) is 7.59. The molecule has 2 fully saturated rings.